The van der Waals surface area contributed by atoms with Gasteiger partial charge in [-0.05, 0) is 49.9 Å². The van der Waals surface area contributed by atoms with E-state index in [2.05, 4.69) is 15.6 Å². The third kappa shape index (κ3) is 5.94. The van der Waals surface area contributed by atoms with Crippen molar-refractivity contribution in [2.24, 2.45) is 0 Å². The van der Waals surface area contributed by atoms with Crippen molar-refractivity contribution < 1.29 is 19.1 Å². The first kappa shape index (κ1) is 23.9. The second-order valence-electron chi connectivity index (χ2n) is 8.44. The fourth-order valence-corrected chi connectivity index (χ4v) is 3.66. The monoisotopic (exact) mass is 447 g/mol. The van der Waals surface area contributed by atoms with Gasteiger partial charge in [0.15, 0.2) is 6.61 Å². The van der Waals surface area contributed by atoms with Gasteiger partial charge >= 0.3 is 5.97 Å². The summed E-state index contributed by atoms with van der Waals surface area (Å²) >= 11 is 0. The number of aromatic nitrogens is 1. The Hall–Kier alpha value is -3.74. The molecular weight excluding hydrogens is 418 g/mol. The number of hydrogen-bond donors (Lipinski definition) is 2. The molecule has 2 aromatic carbocycles. The Bertz CT molecular complexity index is 1190. The van der Waals surface area contributed by atoms with Gasteiger partial charge in [0.05, 0.1) is 17.6 Å². The highest BCUT2D eigenvalue weighted by Crippen LogP contribution is 2.23. The van der Waals surface area contributed by atoms with Crippen LogP contribution in [0.5, 0.6) is 0 Å². The molecule has 7 heteroatoms. The molecule has 0 spiro atoms. The molecule has 1 aromatic heterocycles. The molecule has 1 heterocycles. The van der Waals surface area contributed by atoms with Crippen molar-refractivity contribution in [3.05, 3.63) is 70.4 Å². The fraction of sp³-hybridized carbons (Fsp3) is 0.308. The number of hydrogen-bond acceptors (Lipinski definition) is 5. The standard InChI is InChI=1S/C26H29N3O4/c1-15(2)22-12-20(19-8-6-7-9-21(19)28-22)26(32)33-14-24(31)27-13-23(30)29-25-17(4)10-16(3)11-18(25)5/h6-12,15H,13-14H2,1-5H3,(H,27,31)(H,29,30). The molecule has 0 saturated heterocycles. The topological polar surface area (TPSA) is 97.4 Å². The number of rotatable bonds is 7. The fourth-order valence-electron chi connectivity index (χ4n) is 3.66. The molecule has 172 valence electrons. The summed E-state index contributed by atoms with van der Waals surface area (Å²) < 4.78 is 5.22. The quantitative estimate of drug-likeness (QED) is 0.529. The number of amides is 2. The van der Waals surface area contributed by atoms with Crippen LogP contribution in [0.25, 0.3) is 10.9 Å². The number of nitrogens with one attached hydrogen (secondary N) is 2. The number of anilines is 1. The summed E-state index contributed by atoms with van der Waals surface area (Å²) in [5.41, 5.74) is 5.57. The van der Waals surface area contributed by atoms with Gasteiger partial charge in [-0.25, -0.2) is 4.79 Å². The number of para-hydroxylation sites is 1. The second kappa shape index (κ2) is 10.3. The number of ether oxygens (including phenoxy) is 1. The van der Waals surface area contributed by atoms with E-state index in [0.717, 1.165) is 28.1 Å². The van der Waals surface area contributed by atoms with E-state index >= 15 is 0 Å². The maximum absolute atomic E-state index is 12.7. The van der Waals surface area contributed by atoms with E-state index in [0.29, 0.717) is 16.5 Å². The van der Waals surface area contributed by atoms with Crippen LogP contribution in [0.1, 0.15) is 52.5 Å². The number of fused-ring (bicyclic) bond motifs is 1. The van der Waals surface area contributed by atoms with Gasteiger partial charge in [0.25, 0.3) is 5.91 Å². The highest BCUT2D eigenvalue weighted by molar-refractivity contribution is 6.04. The minimum absolute atomic E-state index is 0.128. The molecule has 0 aliphatic rings. The molecule has 0 atom stereocenters. The Morgan fingerprint density at radius 3 is 2.30 bits per heavy atom. The van der Waals surface area contributed by atoms with Gasteiger partial charge in [-0.3, -0.25) is 14.6 Å². The van der Waals surface area contributed by atoms with Crippen molar-refractivity contribution in [2.75, 3.05) is 18.5 Å². The molecule has 0 bridgehead atoms. The van der Waals surface area contributed by atoms with Gasteiger partial charge in [0.1, 0.15) is 0 Å². The summed E-state index contributed by atoms with van der Waals surface area (Å²) in [5.74, 6) is -1.39. The largest absolute Gasteiger partial charge is 0.452 e. The van der Waals surface area contributed by atoms with E-state index in [9.17, 15) is 14.4 Å². The van der Waals surface area contributed by atoms with Crippen LogP contribution in [0.4, 0.5) is 5.69 Å². The van der Waals surface area contributed by atoms with Crippen molar-refractivity contribution >= 4 is 34.4 Å². The molecule has 0 unspecified atom stereocenters. The highest BCUT2D eigenvalue weighted by atomic mass is 16.5. The molecule has 0 fully saturated rings. The lowest BCUT2D eigenvalue weighted by atomic mass is 10.0. The summed E-state index contributed by atoms with van der Waals surface area (Å²) in [5, 5.41) is 5.97. The first-order valence-electron chi connectivity index (χ1n) is 10.9. The van der Waals surface area contributed by atoms with Gasteiger partial charge < -0.3 is 15.4 Å². The number of nitrogens with zero attached hydrogens (tertiary/aromatic N) is 1. The average molecular weight is 448 g/mol. The van der Waals surface area contributed by atoms with E-state index in [1.54, 1.807) is 12.1 Å². The highest BCUT2D eigenvalue weighted by Gasteiger charge is 2.17. The SMILES string of the molecule is Cc1cc(C)c(NC(=O)CNC(=O)COC(=O)c2cc(C(C)C)nc3ccccc23)c(C)c1. The Balaban J connectivity index is 1.58. The number of benzene rings is 2. The molecule has 33 heavy (non-hydrogen) atoms. The smallest absolute Gasteiger partial charge is 0.339 e. The number of esters is 1. The molecular formula is C26H29N3O4. The minimum atomic E-state index is -0.610. The third-order valence-electron chi connectivity index (χ3n) is 5.27. The van der Waals surface area contributed by atoms with E-state index in [-0.39, 0.29) is 18.4 Å². The van der Waals surface area contributed by atoms with Gasteiger partial charge in [0.2, 0.25) is 5.91 Å². The van der Waals surface area contributed by atoms with Gasteiger partial charge in [0, 0.05) is 16.8 Å². The van der Waals surface area contributed by atoms with Gasteiger partial charge in [-0.15, -0.1) is 0 Å². The normalized spacial score (nSPS) is 10.8. The number of pyridine rings is 1. The first-order chi connectivity index (χ1) is 15.7. The zero-order chi connectivity index (χ0) is 24.1. The van der Waals surface area contributed by atoms with E-state index in [4.69, 9.17) is 4.74 Å². The van der Waals surface area contributed by atoms with Crippen LogP contribution in [0.2, 0.25) is 0 Å². The zero-order valence-corrected chi connectivity index (χ0v) is 19.6. The Kier molecular flexibility index (Phi) is 7.43. The molecule has 2 amide bonds. The van der Waals surface area contributed by atoms with Gasteiger partial charge in [-0.2, -0.15) is 0 Å². The zero-order valence-electron chi connectivity index (χ0n) is 19.6. The molecule has 3 aromatic rings. The van der Waals surface area contributed by atoms with E-state index in [1.165, 1.54) is 0 Å². The molecule has 2 N–H and O–H groups in total. The second-order valence-corrected chi connectivity index (χ2v) is 8.44. The van der Waals surface area contributed by atoms with Crippen LogP contribution in [0.3, 0.4) is 0 Å². The van der Waals surface area contributed by atoms with Crippen molar-refractivity contribution in [3.63, 3.8) is 0 Å². The number of aryl methyl sites for hydroxylation is 3. The molecule has 0 aliphatic carbocycles. The lowest BCUT2D eigenvalue weighted by Gasteiger charge is -2.13. The molecule has 7 nitrogen and oxygen atoms in total. The minimum Gasteiger partial charge on any atom is -0.452 e. The van der Waals surface area contributed by atoms with Crippen molar-refractivity contribution in [1.29, 1.82) is 0 Å². The predicted octanol–water partition coefficient (Wildman–Crippen LogP) is 4.20. The molecule has 0 radical (unpaired) electrons. The van der Waals surface area contributed by atoms with Crippen LogP contribution in [0, 0.1) is 20.8 Å². The van der Waals surface area contributed by atoms with Crippen molar-refractivity contribution in [2.45, 2.75) is 40.5 Å². The average Bonchev–Trinajstić information content (AvgIpc) is 2.77. The number of carbonyl (C=O) groups is 3. The predicted molar refractivity (Wildman–Crippen MR) is 128 cm³/mol. The molecule has 0 aliphatic heterocycles. The Labute approximate surface area is 193 Å². The lowest BCUT2D eigenvalue weighted by Crippen LogP contribution is -2.35. The van der Waals surface area contributed by atoms with Crippen LogP contribution < -0.4 is 10.6 Å². The van der Waals surface area contributed by atoms with E-state index < -0.39 is 18.5 Å². The Morgan fingerprint density at radius 2 is 1.64 bits per heavy atom. The maximum Gasteiger partial charge on any atom is 0.339 e. The lowest BCUT2D eigenvalue weighted by molar-refractivity contribution is -0.126. The Morgan fingerprint density at radius 1 is 0.970 bits per heavy atom. The van der Waals surface area contributed by atoms with Gasteiger partial charge in [-0.1, -0.05) is 49.7 Å². The van der Waals surface area contributed by atoms with Crippen LogP contribution in [0.15, 0.2) is 42.5 Å². The van der Waals surface area contributed by atoms with Crippen LogP contribution >= 0.6 is 0 Å². The third-order valence-corrected chi connectivity index (χ3v) is 5.27. The first-order valence-corrected chi connectivity index (χ1v) is 10.9. The maximum atomic E-state index is 12.7. The summed E-state index contributed by atoms with van der Waals surface area (Å²) in [6.07, 6.45) is 0. The summed E-state index contributed by atoms with van der Waals surface area (Å²) in [6, 6.07) is 13.0. The van der Waals surface area contributed by atoms with E-state index in [1.807, 2.05) is 65.0 Å². The summed E-state index contributed by atoms with van der Waals surface area (Å²) in [7, 11) is 0. The van der Waals surface area contributed by atoms with Crippen LogP contribution in [-0.4, -0.2) is 35.9 Å². The molecule has 0 saturated carbocycles. The number of carbonyl (C=O) groups excluding carboxylic acids is 3. The summed E-state index contributed by atoms with van der Waals surface area (Å²) in [6.45, 7) is 9.10. The summed E-state index contributed by atoms with van der Waals surface area (Å²) in [4.78, 5) is 41.7. The molecule has 3 rings (SSSR count). The van der Waals surface area contributed by atoms with Crippen molar-refractivity contribution in [1.82, 2.24) is 10.3 Å². The van der Waals surface area contributed by atoms with Crippen LogP contribution in [-0.2, 0) is 14.3 Å². The van der Waals surface area contributed by atoms with Crippen molar-refractivity contribution in [3.8, 4) is 0 Å².